The summed E-state index contributed by atoms with van der Waals surface area (Å²) in [7, 11) is 0. The molecule has 0 bridgehead atoms. The molecule has 1 aliphatic heterocycles. The second kappa shape index (κ2) is 12.4. The molecule has 3 rings (SSSR count). The maximum atomic E-state index is 13.2. The first-order valence-corrected chi connectivity index (χ1v) is 12.3. The van der Waals surface area contributed by atoms with Crippen molar-refractivity contribution in [2.24, 2.45) is 11.8 Å². The van der Waals surface area contributed by atoms with Crippen molar-refractivity contribution < 1.29 is 18.7 Å². The van der Waals surface area contributed by atoms with Crippen LogP contribution in [0.4, 0.5) is 0 Å². The lowest BCUT2D eigenvalue weighted by molar-refractivity contribution is -0.127. The molecule has 1 aromatic heterocycles. The Morgan fingerprint density at radius 3 is 2.60 bits per heavy atom. The van der Waals surface area contributed by atoms with Crippen molar-refractivity contribution in [3.8, 4) is 0 Å². The molecule has 1 unspecified atom stereocenters. The SMILES string of the molecule is CCCNCCSc1nnc(C(=O)C(NC(=O)C2CCCCC2)C2CCOCC2)o1. The molecule has 0 aromatic carbocycles. The first kappa shape index (κ1) is 23.2. The zero-order valence-corrected chi connectivity index (χ0v) is 18.7. The third-order valence-corrected chi connectivity index (χ3v) is 6.66. The van der Waals surface area contributed by atoms with Crippen molar-refractivity contribution >= 4 is 23.5 Å². The first-order chi connectivity index (χ1) is 14.7. The molecule has 0 radical (unpaired) electrons. The van der Waals surface area contributed by atoms with Gasteiger partial charge in [0.1, 0.15) is 6.04 Å². The largest absolute Gasteiger partial charge is 0.408 e. The van der Waals surface area contributed by atoms with Crippen LogP contribution in [0, 0.1) is 11.8 Å². The van der Waals surface area contributed by atoms with Gasteiger partial charge in [-0.05, 0) is 44.6 Å². The molecule has 1 aliphatic carbocycles. The minimum Gasteiger partial charge on any atom is -0.408 e. The Morgan fingerprint density at radius 1 is 1.10 bits per heavy atom. The minimum atomic E-state index is -0.632. The van der Waals surface area contributed by atoms with Gasteiger partial charge in [-0.1, -0.05) is 37.9 Å². The molecule has 1 saturated heterocycles. The Morgan fingerprint density at radius 2 is 1.87 bits per heavy atom. The number of rotatable bonds is 11. The highest BCUT2D eigenvalue weighted by atomic mass is 32.2. The number of amides is 1. The van der Waals surface area contributed by atoms with E-state index in [1.807, 2.05) is 0 Å². The topological polar surface area (TPSA) is 106 Å². The van der Waals surface area contributed by atoms with E-state index in [9.17, 15) is 9.59 Å². The quantitative estimate of drug-likeness (QED) is 0.309. The Kier molecular flexibility index (Phi) is 9.61. The van der Waals surface area contributed by atoms with E-state index < -0.39 is 6.04 Å². The Bertz CT molecular complexity index is 672. The van der Waals surface area contributed by atoms with Gasteiger partial charge < -0.3 is 19.8 Å². The van der Waals surface area contributed by atoms with Gasteiger partial charge in [0.05, 0.1) is 0 Å². The van der Waals surface area contributed by atoms with Crippen molar-refractivity contribution in [3.63, 3.8) is 0 Å². The number of Topliss-reactive ketones (excluding diaryl/α,β-unsaturated/α-hetero) is 1. The fourth-order valence-electron chi connectivity index (χ4n) is 4.10. The van der Waals surface area contributed by atoms with Crippen LogP contribution in [0.5, 0.6) is 0 Å². The number of carbonyl (C=O) groups is 2. The Balaban J connectivity index is 1.62. The molecule has 1 saturated carbocycles. The highest BCUT2D eigenvalue weighted by Gasteiger charge is 2.36. The number of thioether (sulfide) groups is 1. The number of aromatic nitrogens is 2. The summed E-state index contributed by atoms with van der Waals surface area (Å²) >= 11 is 1.43. The minimum absolute atomic E-state index is 0.00156. The molecule has 9 heteroatoms. The average molecular weight is 439 g/mol. The summed E-state index contributed by atoms with van der Waals surface area (Å²) in [5.74, 6) is 0.500. The summed E-state index contributed by atoms with van der Waals surface area (Å²) < 4.78 is 11.1. The van der Waals surface area contributed by atoms with Crippen LogP contribution in [-0.2, 0) is 9.53 Å². The summed E-state index contributed by atoms with van der Waals surface area (Å²) in [5, 5.41) is 14.7. The van der Waals surface area contributed by atoms with Crippen LogP contribution in [0.25, 0.3) is 0 Å². The Hall–Kier alpha value is -1.45. The number of nitrogens with zero attached hydrogens (tertiary/aromatic N) is 2. The van der Waals surface area contributed by atoms with Crippen LogP contribution in [0.1, 0.15) is 69.0 Å². The Labute approximate surface area is 182 Å². The second-order valence-electron chi connectivity index (χ2n) is 8.11. The van der Waals surface area contributed by atoms with E-state index in [0.29, 0.717) is 18.4 Å². The highest BCUT2D eigenvalue weighted by Crippen LogP contribution is 2.26. The van der Waals surface area contributed by atoms with Gasteiger partial charge >= 0.3 is 0 Å². The monoisotopic (exact) mass is 438 g/mol. The van der Waals surface area contributed by atoms with E-state index >= 15 is 0 Å². The van der Waals surface area contributed by atoms with Crippen molar-refractivity contribution in [1.82, 2.24) is 20.8 Å². The lowest BCUT2D eigenvalue weighted by Crippen LogP contribution is -2.49. The van der Waals surface area contributed by atoms with Gasteiger partial charge in [-0.2, -0.15) is 0 Å². The fraction of sp³-hybridized carbons (Fsp3) is 0.810. The molecular formula is C21H34N4O4S. The summed E-state index contributed by atoms with van der Waals surface area (Å²) in [5.41, 5.74) is 0. The van der Waals surface area contributed by atoms with Crippen molar-refractivity contribution in [1.29, 1.82) is 0 Å². The second-order valence-corrected chi connectivity index (χ2v) is 9.15. The van der Waals surface area contributed by atoms with Crippen molar-refractivity contribution in [2.75, 3.05) is 32.1 Å². The maximum Gasteiger partial charge on any atom is 0.286 e. The fourth-order valence-corrected chi connectivity index (χ4v) is 4.75. The standard InChI is InChI=1S/C21H34N4O4S/c1-2-10-22-11-14-30-21-25-24-20(29-21)18(26)17(15-8-12-28-13-9-15)23-19(27)16-6-4-3-5-7-16/h15-17,22H,2-14H2,1H3,(H,23,27). The molecule has 1 aromatic rings. The van der Waals surface area contributed by atoms with E-state index in [1.165, 1.54) is 18.2 Å². The maximum absolute atomic E-state index is 13.2. The normalized spacial score (nSPS) is 19.5. The lowest BCUT2D eigenvalue weighted by atomic mass is 9.86. The van der Waals surface area contributed by atoms with Crippen molar-refractivity contribution in [2.45, 2.75) is 69.6 Å². The van der Waals surface area contributed by atoms with Crippen LogP contribution in [0.2, 0.25) is 0 Å². The van der Waals surface area contributed by atoms with Gasteiger partial charge in [0.2, 0.25) is 11.7 Å². The number of hydrogen-bond donors (Lipinski definition) is 2. The number of ether oxygens (including phenoxy) is 1. The summed E-state index contributed by atoms with van der Waals surface area (Å²) in [6.45, 7) is 5.14. The van der Waals surface area contributed by atoms with Crippen LogP contribution in [-0.4, -0.2) is 60.0 Å². The number of hydrogen-bond acceptors (Lipinski definition) is 8. The molecule has 2 aliphatic rings. The van der Waals surface area contributed by atoms with Gasteiger partial charge in [-0.15, -0.1) is 10.2 Å². The van der Waals surface area contributed by atoms with Gasteiger partial charge in [-0.25, -0.2) is 0 Å². The third-order valence-electron chi connectivity index (χ3n) is 5.84. The molecule has 30 heavy (non-hydrogen) atoms. The van der Waals surface area contributed by atoms with Gasteiger partial charge in [0.25, 0.3) is 11.1 Å². The first-order valence-electron chi connectivity index (χ1n) is 11.3. The predicted octanol–water partition coefficient (Wildman–Crippen LogP) is 2.84. The summed E-state index contributed by atoms with van der Waals surface area (Å²) in [6, 6.07) is -0.632. The van der Waals surface area contributed by atoms with E-state index in [1.54, 1.807) is 0 Å². The molecule has 2 heterocycles. The molecule has 1 amide bonds. The van der Waals surface area contributed by atoms with E-state index in [-0.39, 0.29) is 29.4 Å². The number of carbonyl (C=O) groups excluding carboxylic acids is 2. The average Bonchev–Trinajstić information content (AvgIpc) is 3.27. The van der Waals surface area contributed by atoms with Crippen LogP contribution < -0.4 is 10.6 Å². The zero-order valence-electron chi connectivity index (χ0n) is 17.9. The van der Waals surface area contributed by atoms with Gasteiger partial charge in [0.15, 0.2) is 0 Å². The van der Waals surface area contributed by atoms with Gasteiger partial charge in [0, 0.05) is 31.4 Å². The van der Waals surface area contributed by atoms with Crippen LogP contribution in [0.3, 0.4) is 0 Å². The molecule has 168 valence electrons. The summed E-state index contributed by atoms with van der Waals surface area (Å²) in [6.07, 6.45) is 7.69. The van der Waals surface area contributed by atoms with Crippen molar-refractivity contribution in [3.05, 3.63) is 5.89 Å². The number of ketones is 1. The van der Waals surface area contributed by atoms with E-state index in [4.69, 9.17) is 9.15 Å². The zero-order chi connectivity index (χ0) is 21.2. The molecule has 2 N–H and O–H groups in total. The molecule has 1 atom stereocenters. The summed E-state index contributed by atoms with van der Waals surface area (Å²) in [4.78, 5) is 26.1. The predicted molar refractivity (Wildman–Crippen MR) is 115 cm³/mol. The third kappa shape index (κ3) is 6.78. The molecule has 0 spiro atoms. The van der Waals surface area contributed by atoms with E-state index in [0.717, 1.165) is 63.8 Å². The van der Waals surface area contributed by atoms with E-state index in [2.05, 4.69) is 27.8 Å². The van der Waals surface area contributed by atoms with Crippen LogP contribution >= 0.6 is 11.8 Å². The highest BCUT2D eigenvalue weighted by molar-refractivity contribution is 7.99. The smallest absolute Gasteiger partial charge is 0.286 e. The molecule has 8 nitrogen and oxygen atoms in total. The van der Waals surface area contributed by atoms with Gasteiger partial charge in [-0.3, -0.25) is 9.59 Å². The molecule has 2 fully saturated rings. The number of nitrogens with one attached hydrogen (secondary N) is 2. The molecular weight excluding hydrogens is 404 g/mol. The lowest BCUT2D eigenvalue weighted by Gasteiger charge is -2.31. The van der Waals surface area contributed by atoms with Crippen LogP contribution in [0.15, 0.2) is 9.64 Å².